The van der Waals surface area contributed by atoms with Crippen molar-refractivity contribution in [1.29, 1.82) is 0 Å². The van der Waals surface area contributed by atoms with E-state index in [1.807, 2.05) is 48.5 Å². The molecule has 2 amide bonds. The number of nitrogens with one attached hydrogen (secondary N) is 2. The van der Waals surface area contributed by atoms with E-state index < -0.39 is 5.54 Å². The van der Waals surface area contributed by atoms with Crippen LogP contribution < -0.4 is 10.6 Å². The summed E-state index contributed by atoms with van der Waals surface area (Å²) in [7, 11) is 0. The lowest BCUT2D eigenvalue weighted by Crippen LogP contribution is -2.50. The number of carbonyl (C=O) groups excluding carboxylic acids is 1. The molecule has 150 valence electrons. The number of ether oxygens (including phenoxy) is 1. The largest absolute Gasteiger partial charge is 0.381 e. The Labute approximate surface area is 176 Å². The third-order valence-corrected chi connectivity index (χ3v) is 6.00. The minimum Gasteiger partial charge on any atom is -0.381 e. The lowest BCUT2D eigenvalue weighted by atomic mass is 9.83. The van der Waals surface area contributed by atoms with E-state index in [2.05, 4.69) is 31.4 Å². The van der Waals surface area contributed by atoms with Gasteiger partial charge in [0, 0.05) is 33.6 Å². The second-order valence-corrected chi connectivity index (χ2v) is 10.4. The van der Waals surface area contributed by atoms with Gasteiger partial charge in [-0.15, -0.1) is 11.8 Å². The highest BCUT2D eigenvalue weighted by Gasteiger charge is 2.36. The molecule has 1 aliphatic heterocycles. The number of amides is 2. The molecule has 0 atom stereocenters. The molecule has 1 heterocycles. The number of hydrogen-bond acceptors (Lipinski definition) is 3. The fraction of sp³-hybridized carbons (Fsp3) is 0.409. The molecule has 2 N–H and O–H groups in total. The Kier molecular flexibility index (Phi) is 6.58. The van der Waals surface area contributed by atoms with Crippen molar-refractivity contribution in [2.45, 2.75) is 48.8 Å². The SMILES string of the molecule is CC(C)(C)Sc1ccc(NC(=O)NC2(c3ccc(Cl)cc3)CCOCC2)cc1. The molecule has 1 saturated heterocycles. The standard InChI is InChI=1S/C22H27ClN2O2S/c1-21(2,3)28-19-10-8-18(9-11-19)24-20(26)25-22(12-14-27-15-13-22)16-4-6-17(23)7-5-16/h4-11H,12-15H2,1-3H3,(H2,24,25,26). The van der Waals surface area contributed by atoms with Gasteiger partial charge in [-0.3, -0.25) is 0 Å². The number of thioether (sulfide) groups is 1. The van der Waals surface area contributed by atoms with E-state index in [1.54, 1.807) is 11.8 Å². The number of urea groups is 1. The molecule has 2 aromatic rings. The van der Waals surface area contributed by atoms with Crippen molar-refractivity contribution in [3.63, 3.8) is 0 Å². The lowest BCUT2D eigenvalue weighted by Gasteiger charge is -2.38. The zero-order valence-electron chi connectivity index (χ0n) is 16.5. The molecule has 0 spiro atoms. The summed E-state index contributed by atoms with van der Waals surface area (Å²) in [5.41, 5.74) is 1.37. The Morgan fingerprint density at radius 3 is 2.21 bits per heavy atom. The van der Waals surface area contributed by atoms with Gasteiger partial charge in [-0.1, -0.05) is 44.5 Å². The second kappa shape index (κ2) is 8.76. The Morgan fingerprint density at radius 1 is 1.04 bits per heavy atom. The third kappa shape index (κ3) is 5.66. The van der Waals surface area contributed by atoms with E-state index in [1.165, 1.54) is 4.90 Å². The van der Waals surface area contributed by atoms with Crippen LogP contribution in [-0.4, -0.2) is 24.0 Å². The maximum atomic E-state index is 12.7. The van der Waals surface area contributed by atoms with Crippen molar-refractivity contribution in [2.75, 3.05) is 18.5 Å². The molecule has 0 saturated carbocycles. The Bertz CT molecular complexity index is 795. The molecule has 0 aliphatic carbocycles. The fourth-order valence-electron chi connectivity index (χ4n) is 3.31. The predicted octanol–water partition coefficient (Wildman–Crippen LogP) is 6.06. The van der Waals surface area contributed by atoms with Crippen LogP contribution in [0, 0.1) is 0 Å². The zero-order chi connectivity index (χ0) is 20.2. The zero-order valence-corrected chi connectivity index (χ0v) is 18.1. The number of benzene rings is 2. The summed E-state index contributed by atoms with van der Waals surface area (Å²) in [6, 6.07) is 15.4. The molecule has 0 bridgehead atoms. The number of anilines is 1. The van der Waals surface area contributed by atoms with Gasteiger partial charge < -0.3 is 15.4 Å². The summed E-state index contributed by atoms with van der Waals surface area (Å²) in [6.07, 6.45) is 1.45. The van der Waals surface area contributed by atoms with Crippen LogP contribution in [0.3, 0.4) is 0 Å². The van der Waals surface area contributed by atoms with E-state index in [0.717, 1.165) is 24.1 Å². The van der Waals surface area contributed by atoms with Gasteiger partial charge in [-0.2, -0.15) is 0 Å². The van der Waals surface area contributed by atoms with Gasteiger partial charge in [-0.05, 0) is 54.8 Å². The third-order valence-electron chi connectivity index (χ3n) is 4.63. The maximum absolute atomic E-state index is 12.7. The van der Waals surface area contributed by atoms with Crippen LogP contribution in [0.2, 0.25) is 5.02 Å². The van der Waals surface area contributed by atoms with Crippen LogP contribution in [0.1, 0.15) is 39.2 Å². The van der Waals surface area contributed by atoms with Gasteiger partial charge in [0.2, 0.25) is 0 Å². The summed E-state index contributed by atoms with van der Waals surface area (Å²) in [4.78, 5) is 13.9. The minimum atomic E-state index is -0.449. The maximum Gasteiger partial charge on any atom is 0.319 e. The van der Waals surface area contributed by atoms with E-state index in [9.17, 15) is 4.79 Å². The Balaban J connectivity index is 1.69. The first-order valence-corrected chi connectivity index (χ1v) is 10.7. The lowest BCUT2D eigenvalue weighted by molar-refractivity contribution is 0.0418. The molecule has 4 nitrogen and oxygen atoms in total. The van der Waals surface area contributed by atoms with Gasteiger partial charge in [0.1, 0.15) is 0 Å². The predicted molar refractivity (Wildman–Crippen MR) is 117 cm³/mol. The molecule has 28 heavy (non-hydrogen) atoms. The van der Waals surface area contributed by atoms with Crippen molar-refractivity contribution in [3.05, 3.63) is 59.1 Å². The normalized spacial score (nSPS) is 16.4. The smallest absolute Gasteiger partial charge is 0.319 e. The van der Waals surface area contributed by atoms with Crippen molar-refractivity contribution < 1.29 is 9.53 Å². The quantitative estimate of drug-likeness (QED) is 0.593. The number of rotatable bonds is 4. The molecular formula is C22H27ClN2O2S. The first-order chi connectivity index (χ1) is 13.3. The van der Waals surface area contributed by atoms with Crippen molar-refractivity contribution in [2.24, 2.45) is 0 Å². The van der Waals surface area contributed by atoms with Crippen LogP contribution in [-0.2, 0) is 10.3 Å². The van der Waals surface area contributed by atoms with Gasteiger partial charge in [0.15, 0.2) is 0 Å². The fourth-order valence-corrected chi connectivity index (χ4v) is 4.42. The summed E-state index contributed by atoms with van der Waals surface area (Å²) in [5.74, 6) is 0. The number of hydrogen-bond donors (Lipinski definition) is 2. The molecule has 3 rings (SSSR count). The molecule has 1 fully saturated rings. The average Bonchev–Trinajstić information content (AvgIpc) is 2.63. The van der Waals surface area contributed by atoms with E-state index >= 15 is 0 Å². The average molecular weight is 419 g/mol. The number of halogens is 1. The topological polar surface area (TPSA) is 50.4 Å². The van der Waals surface area contributed by atoms with E-state index in [4.69, 9.17) is 16.3 Å². The van der Waals surface area contributed by atoms with Crippen LogP contribution >= 0.6 is 23.4 Å². The monoisotopic (exact) mass is 418 g/mol. The van der Waals surface area contributed by atoms with Gasteiger partial charge in [-0.25, -0.2) is 4.79 Å². The van der Waals surface area contributed by atoms with Crippen molar-refractivity contribution in [1.82, 2.24) is 5.32 Å². The highest BCUT2D eigenvalue weighted by atomic mass is 35.5. The first-order valence-electron chi connectivity index (χ1n) is 9.48. The highest BCUT2D eigenvalue weighted by Crippen LogP contribution is 2.34. The molecule has 0 aromatic heterocycles. The molecule has 6 heteroatoms. The van der Waals surface area contributed by atoms with Crippen LogP contribution in [0.5, 0.6) is 0 Å². The number of carbonyl (C=O) groups is 1. The van der Waals surface area contributed by atoms with Gasteiger partial charge in [0.05, 0.1) is 5.54 Å². The van der Waals surface area contributed by atoms with Gasteiger partial charge in [0.25, 0.3) is 0 Å². The van der Waals surface area contributed by atoms with Crippen LogP contribution in [0.15, 0.2) is 53.4 Å². The molecule has 1 aliphatic rings. The highest BCUT2D eigenvalue weighted by molar-refractivity contribution is 8.00. The Hall–Kier alpha value is -1.69. The van der Waals surface area contributed by atoms with Crippen molar-refractivity contribution >= 4 is 35.1 Å². The Morgan fingerprint density at radius 2 is 1.64 bits per heavy atom. The van der Waals surface area contributed by atoms with Gasteiger partial charge >= 0.3 is 6.03 Å². The minimum absolute atomic E-state index is 0.153. The molecular weight excluding hydrogens is 392 g/mol. The summed E-state index contributed by atoms with van der Waals surface area (Å²) in [5, 5.41) is 6.83. The second-order valence-electron chi connectivity index (χ2n) is 8.02. The van der Waals surface area contributed by atoms with Crippen LogP contribution in [0.4, 0.5) is 10.5 Å². The summed E-state index contributed by atoms with van der Waals surface area (Å²) < 4.78 is 5.68. The summed E-state index contributed by atoms with van der Waals surface area (Å²) in [6.45, 7) is 7.77. The van der Waals surface area contributed by atoms with Crippen LogP contribution in [0.25, 0.3) is 0 Å². The molecule has 0 unspecified atom stereocenters. The van der Waals surface area contributed by atoms with Crippen molar-refractivity contribution in [3.8, 4) is 0 Å². The summed E-state index contributed by atoms with van der Waals surface area (Å²) >= 11 is 7.84. The van der Waals surface area contributed by atoms with E-state index in [-0.39, 0.29) is 10.8 Å². The molecule has 0 radical (unpaired) electrons. The first kappa shape index (κ1) is 21.0. The molecule has 2 aromatic carbocycles. The van der Waals surface area contributed by atoms with E-state index in [0.29, 0.717) is 18.2 Å².